The van der Waals surface area contributed by atoms with Crippen molar-refractivity contribution in [1.29, 1.82) is 0 Å². The summed E-state index contributed by atoms with van der Waals surface area (Å²) in [6.07, 6.45) is 4.90. The van der Waals surface area contributed by atoms with Crippen LogP contribution in [0, 0.1) is 5.41 Å². The lowest BCUT2D eigenvalue weighted by Gasteiger charge is -2.37. The molecule has 1 unspecified atom stereocenters. The first-order valence-corrected chi connectivity index (χ1v) is 7.05. The summed E-state index contributed by atoms with van der Waals surface area (Å²) in [5.74, 6) is -1.09. The monoisotopic (exact) mass is 294 g/mol. The molecular formula is C14H22N4O3. The van der Waals surface area contributed by atoms with Gasteiger partial charge in [0.2, 0.25) is 0 Å². The average Bonchev–Trinajstić information content (AvgIpc) is 2.81. The van der Waals surface area contributed by atoms with Crippen molar-refractivity contribution in [1.82, 2.24) is 20.0 Å². The van der Waals surface area contributed by atoms with Crippen LogP contribution in [0.3, 0.4) is 0 Å². The van der Waals surface area contributed by atoms with Gasteiger partial charge in [0, 0.05) is 31.9 Å². The zero-order chi connectivity index (χ0) is 15.6. The first-order valence-electron chi connectivity index (χ1n) is 7.05. The quantitative estimate of drug-likeness (QED) is 0.881. The van der Waals surface area contributed by atoms with Gasteiger partial charge < -0.3 is 15.3 Å². The number of nitrogens with zero attached hydrogens (tertiary/aromatic N) is 3. The van der Waals surface area contributed by atoms with Gasteiger partial charge in [0.15, 0.2) is 6.04 Å². The smallest absolute Gasteiger partial charge is 0.331 e. The highest BCUT2D eigenvalue weighted by Crippen LogP contribution is 2.29. The fourth-order valence-electron chi connectivity index (χ4n) is 2.41. The number of nitrogens with one attached hydrogen (secondary N) is 1. The molecule has 1 aromatic heterocycles. The number of aromatic nitrogens is 2. The number of hydrogen-bond acceptors (Lipinski definition) is 3. The van der Waals surface area contributed by atoms with Gasteiger partial charge in [-0.3, -0.25) is 4.68 Å². The largest absolute Gasteiger partial charge is 0.479 e. The molecule has 1 fully saturated rings. The second-order valence-corrected chi connectivity index (χ2v) is 6.32. The van der Waals surface area contributed by atoms with Crippen LogP contribution in [-0.2, 0) is 11.8 Å². The minimum atomic E-state index is -1.09. The Balaban J connectivity index is 2.01. The van der Waals surface area contributed by atoms with Crippen molar-refractivity contribution in [2.45, 2.75) is 32.7 Å². The summed E-state index contributed by atoms with van der Waals surface area (Å²) in [6, 6.07) is -1.40. The van der Waals surface area contributed by atoms with Crippen LogP contribution in [0.4, 0.5) is 4.79 Å². The SMILES string of the molecule is Cn1cc(C(NC(=O)N2CCC(C)(C)CC2)C(=O)O)cn1. The number of likely N-dealkylation sites (tertiary alicyclic amines) is 1. The molecule has 7 heteroatoms. The molecule has 1 aliphatic rings. The summed E-state index contributed by atoms with van der Waals surface area (Å²) in [6.45, 7) is 5.66. The second-order valence-electron chi connectivity index (χ2n) is 6.32. The van der Waals surface area contributed by atoms with E-state index in [9.17, 15) is 14.7 Å². The first kappa shape index (κ1) is 15.3. The maximum atomic E-state index is 12.2. The van der Waals surface area contributed by atoms with E-state index in [0.717, 1.165) is 12.8 Å². The number of carboxylic acid groups (broad SMARTS) is 1. The minimum absolute atomic E-state index is 0.242. The van der Waals surface area contributed by atoms with Crippen LogP contribution in [0.5, 0.6) is 0 Å². The average molecular weight is 294 g/mol. The summed E-state index contributed by atoms with van der Waals surface area (Å²) in [5, 5.41) is 15.8. The standard InChI is InChI=1S/C14H22N4O3/c1-14(2)4-6-18(7-5-14)13(21)16-11(12(19)20)10-8-15-17(3)9-10/h8-9,11H,4-7H2,1-3H3,(H,16,21)(H,19,20). The number of carboxylic acids is 1. The Morgan fingerprint density at radius 3 is 2.48 bits per heavy atom. The van der Waals surface area contributed by atoms with E-state index in [1.165, 1.54) is 10.9 Å². The number of aliphatic carboxylic acids is 1. The molecule has 1 aromatic rings. The first-order chi connectivity index (χ1) is 9.78. The van der Waals surface area contributed by atoms with Crippen molar-refractivity contribution in [2.75, 3.05) is 13.1 Å². The summed E-state index contributed by atoms with van der Waals surface area (Å²) in [4.78, 5) is 25.3. The number of carbonyl (C=O) groups is 2. The topological polar surface area (TPSA) is 87.5 Å². The lowest BCUT2D eigenvalue weighted by Crippen LogP contribution is -2.48. The molecule has 0 aliphatic carbocycles. The third-order valence-corrected chi connectivity index (χ3v) is 3.98. The van der Waals surface area contributed by atoms with Gasteiger partial charge in [-0.2, -0.15) is 5.10 Å². The summed E-state index contributed by atoms with van der Waals surface area (Å²) in [7, 11) is 1.71. The number of rotatable bonds is 3. The lowest BCUT2D eigenvalue weighted by molar-refractivity contribution is -0.139. The number of carbonyl (C=O) groups excluding carboxylic acids is 1. The Labute approximate surface area is 123 Å². The van der Waals surface area contributed by atoms with E-state index in [4.69, 9.17) is 0 Å². The molecule has 0 spiro atoms. The molecule has 2 rings (SSSR count). The molecular weight excluding hydrogens is 272 g/mol. The van der Waals surface area contributed by atoms with E-state index < -0.39 is 12.0 Å². The van der Waals surface area contributed by atoms with Crippen LogP contribution in [0.15, 0.2) is 12.4 Å². The number of piperidine rings is 1. The molecule has 0 bridgehead atoms. The predicted molar refractivity (Wildman–Crippen MR) is 76.7 cm³/mol. The third kappa shape index (κ3) is 3.74. The van der Waals surface area contributed by atoms with Crippen LogP contribution in [-0.4, -0.2) is 44.9 Å². The highest BCUT2D eigenvalue weighted by molar-refractivity contribution is 5.83. The van der Waals surface area contributed by atoms with Gasteiger partial charge in [0.1, 0.15) is 0 Å². The summed E-state index contributed by atoms with van der Waals surface area (Å²) < 4.78 is 1.51. The van der Waals surface area contributed by atoms with Gasteiger partial charge in [-0.1, -0.05) is 13.8 Å². The zero-order valence-corrected chi connectivity index (χ0v) is 12.7. The number of urea groups is 1. The Kier molecular flexibility index (Phi) is 4.20. The van der Waals surface area contributed by atoms with Crippen molar-refractivity contribution in [2.24, 2.45) is 12.5 Å². The van der Waals surface area contributed by atoms with E-state index in [-0.39, 0.29) is 11.4 Å². The minimum Gasteiger partial charge on any atom is -0.479 e. The molecule has 0 aromatic carbocycles. The van der Waals surface area contributed by atoms with E-state index in [1.807, 2.05) is 0 Å². The van der Waals surface area contributed by atoms with E-state index in [0.29, 0.717) is 18.7 Å². The molecule has 1 saturated heterocycles. The van der Waals surface area contributed by atoms with Crippen molar-refractivity contribution < 1.29 is 14.7 Å². The molecule has 21 heavy (non-hydrogen) atoms. The Hall–Kier alpha value is -2.05. The molecule has 1 atom stereocenters. The van der Waals surface area contributed by atoms with Crippen molar-refractivity contribution in [3.8, 4) is 0 Å². The summed E-state index contributed by atoms with van der Waals surface area (Å²) >= 11 is 0. The summed E-state index contributed by atoms with van der Waals surface area (Å²) in [5.41, 5.74) is 0.711. The fourth-order valence-corrected chi connectivity index (χ4v) is 2.41. The number of hydrogen-bond donors (Lipinski definition) is 2. The molecule has 116 valence electrons. The van der Waals surface area contributed by atoms with E-state index >= 15 is 0 Å². The van der Waals surface area contributed by atoms with Gasteiger partial charge in [0.25, 0.3) is 0 Å². The molecule has 7 nitrogen and oxygen atoms in total. The fraction of sp³-hybridized carbons (Fsp3) is 0.643. The van der Waals surface area contributed by atoms with Gasteiger partial charge in [-0.25, -0.2) is 9.59 Å². The van der Waals surface area contributed by atoms with Crippen LogP contribution in [0.1, 0.15) is 38.3 Å². The number of amides is 2. The van der Waals surface area contributed by atoms with E-state index in [1.54, 1.807) is 18.1 Å². The van der Waals surface area contributed by atoms with Crippen LogP contribution in [0.2, 0.25) is 0 Å². The van der Waals surface area contributed by atoms with Crippen molar-refractivity contribution in [3.63, 3.8) is 0 Å². The molecule has 2 amide bonds. The van der Waals surface area contributed by atoms with Gasteiger partial charge in [-0.05, 0) is 18.3 Å². The Bertz CT molecular complexity index is 528. The highest BCUT2D eigenvalue weighted by atomic mass is 16.4. The second kappa shape index (κ2) is 5.75. The highest BCUT2D eigenvalue weighted by Gasteiger charge is 2.30. The maximum Gasteiger partial charge on any atom is 0.331 e. The van der Waals surface area contributed by atoms with Crippen molar-refractivity contribution in [3.05, 3.63) is 18.0 Å². The normalized spacial score (nSPS) is 19.1. The van der Waals surface area contributed by atoms with Gasteiger partial charge in [-0.15, -0.1) is 0 Å². The van der Waals surface area contributed by atoms with Gasteiger partial charge >= 0.3 is 12.0 Å². The van der Waals surface area contributed by atoms with Crippen LogP contribution in [0.25, 0.3) is 0 Å². The Morgan fingerprint density at radius 1 is 1.38 bits per heavy atom. The molecule has 0 saturated carbocycles. The molecule has 0 radical (unpaired) electrons. The lowest BCUT2D eigenvalue weighted by atomic mass is 9.83. The molecule has 1 aliphatic heterocycles. The number of aryl methyl sites for hydroxylation is 1. The van der Waals surface area contributed by atoms with Crippen molar-refractivity contribution >= 4 is 12.0 Å². The van der Waals surface area contributed by atoms with Crippen LogP contribution >= 0.6 is 0 Å². The Morgan fingerprint density at radius 2 is 2.00 bits per heavy atom. The molecule has 2 heterocycles. The van der Waals surface area contributed by atoms with Crippen LogP contribution < -0.4 is 5.32 Å². The predicted octanol–water partition coefficient (Wildman–Crippen LogP) is 1.38. The zero-order valence-electron chi connectivity index (χ0n) is 12.7. The molecule has 2 N–H and O–H groups in total. The maximum absolute atomic E-state index is 12.2. The third-order valence-electron chi connectivity index (χ3n) is 3.98. The van der Waals surface area contributed by atoms with E-state index in [2.05, 4.69) is 24.3 Å². The van der Waals surface area contributed by atoms with Gasteiger partial charge in [0.05, 0.1) is 6.20 Å².